The summed E-state index contributed by atoms with van der Waals surface area (Å²) < 4.78 is 28.4. The molecule has 0 aromatic heterocycles. The molecule has 0 aliphatic carbocycles. The quantitative estimate of drug-likeness (QED) is 0.664. The molecule has 0 heterocycles. The summed E-state index contributed by atoms with van der Waals surface area (Å²) in [4.78, 5) is 10.4. The van der Waals surface area contributed by atoms with Crippen molar-refractivity contribution in [3.05, 3.63) is 0 Å². The maximum Gasteiger partial charge on any atom is 0.303 e. The average molecular weight is 266 g/mol. The number of nitrogens with one attached hydrogen (secondary N) is 2. The van der Waals surface area contributed by atoms with Crippen molar-refractivity contribution in [3.63, 3.8) is 0 Å². The first kappa shape index (κ1) is 16.3. The summed E-state index contributed by atoms with van der Waals surface area (Å²) in [7, 11) is -3.64. The second-order valence-corrected chi connectivity index (χ2v) is 7.15. The Labute approximate surface area is 103 Å². The molecule has 0 bridgehead atoms. The fraction of sp³-hybridized carbons (Fsp3) is 0.900. The van der Waals surface area contributed by atoms with Gasteiger partial charge in [-0.2, -0.15) is 17.9 Å². The number of carboxylic acid groups (broad SMARTS) is 1. The number of hydrogen-bond acceptors (Lipinski definition) is 3. The Bertz CT molecular complexity index is 368. The second-order valence-electron chi connectivity index (χ2n) is 5.74. The number of carbonyl (C=O) groups is 1. The molecule has 0 saturated carbocycles. The SMILES string of the molecule is CC(C)(C)NS(=O)(=O)NC(C)(C)CCC(=O)O. The monoisotopic (exact) mass is 266 g/mol. The molecule has 0 unspecified atom stereocenters. The molecule has 0 aliphatic heterocycles. The van der Waals surface area contributed by atoms with E-state index in [1.165, 1.54) is 0 Å². The van der Waals surface area contributed by atoms with Gasteiger partial charge in [-0.3, -0.25) is 4.79 Å². The molecule has 7 heteroatoms. The van der Waals surface area contributed by atoms with E-state index in [4.69, 9.17) is 5.11 Å². The van der Waals surface area contributed by atoms with Crippen LogP contribution in [0.25, 0.3) is 0 Å². The van der Waals surface area contributed by atoms with Crippen LogP contribution in [0.15, 0.2) is 0 Å². The lowest BCUT2D eigenvalue weighted by Crippen LogP contribution is -2.53. The normalized spacial score (nSPS) is 13.7. The van der Waals surface area contributed by atoms with E-state index in [2.05, 4.69) is 9.44 Å². The van der Waals surface area contributed by atoms with Crippen LogP contribution in [-0.2, 0) is 15.0 Å². The molecule has 0 aliphatic rings. The van der Waals surface area contributed by atoms with Gasteiger partial charge in [0.1, 0.15) is 0 Å². The van der Waals surface area contributed by atoms with Crippen LogP contribution in [0.5, 0.6) is 0 Å². The Kier molecular flexibility index (Phi) is 5.12. The predicted molar refractivity (Wildman–Crippen MR) is 65.9 cm³/mol. The topological polar surface area (TPSA) is 95.5 Å². The van der Waals surface area contributed by atoms with Gasteiger partial charge in [0, 0.05) is 17.5 Å². The van der Waals surface area contributed by atoms with Crippen molar-refractivity contribution >= 4 is 16.2 Å². The molecule has 0 saturated heterocycles. The Hall–Kier alpha value is -0.660. The summed E-state index contributed by atoms with van der Waals surface area (Å²) in [6, 6.07) is 0. The summed E-state index contributed by atoms with van der Waals surface area (Å²) >= 11 is 0. The molecule has 0 aromatic rings. The van der Waals surface area contributed by atoms with Crippen LogP contribution in [0, 0.1) is 0 Å². The van der Waals surface area contributed by atoms with Crippen LogP contribution in [0.2, 0.25) is 0 Å². The van der Waals surface area contributed by atoms with Crippen molar-refractivity contribution in [2.75, 3.05) is 0 Å². The first-order chi connectivity index (χ1) is 7.33. The average Bonchev–Trinajstić information content (AvgIpc) is 1.93. The first-order valence-electron chi connectivity index (χ1n) is 5.38. The lowest BCUT2D eigenvalue weighted by atomic mass is 10.0. The van der Waals surface area contributed by atoms with Crippen molar-refractivity contribution in [2.24, 2.45) is 0 Å². The minimum Gasteiger partial charge on any atom is -0.481 e. The number of aliphatic carboxylic acids is 1. The van der Waals surface area contributed by atoms with E-state index in [1.54, 1.807) is 34.6 Å². The summed E-state index contributed by atoms with van der Waals surface area (Å²) in [6.45, 7) is 8.50. The third-order valence-electron chi connectivity index (χ3n) is 1.82. The highest BCUT2D eigenvalue weighted by Crippen LogP contribution is 2.13. The standard InChI is InChI=1S/C10H22N2O4S/c1-9(2,3)11-17(15,16)12-10(4,5)7-6-8(13)14/h11-12H,6-7H2,1-5H3,(H,13,14). The smallest absolute Gasteiger partial charge is 0.303 e. The Morgan fingerprint density at radius 3 is 1.94 bits per heavy atom. The van der Waals surface area contributed by atoms with Gasteiger partial charge in [-0.15, -0.1) is 0 Å². The fourth-order valence-corrected chi connectivity index (χ4v) is 2.95. The largest absolute Gasteiger partial charge is 0.481 e. The van der Waals surface area contributed by atoms with E-state index in [9.17, 15) is 13.2 Å². The van der Waals surface area contributed by atoms with E-state index < -0.39 is 27.3 Å². The number of carboxylic acids is 1. The fourth-order valence-electron chi connectivity index (χ4n) is 1.26. The lowest BCUT2D eigenvalue weighted by molar-refractivity contribution is -0.137. The highest BCUT2D eigenvalue weighted by atomic mass is 32.2. The van der Waals surface area contributed by atoms with Crippen molar-refractivity contribution in [2.45, 2.75) is 58.5 Å². The van der Waals surface area contributed by atoms with Crippen molar-refractivity contribution < 1.29 is 18.3 Å². The summed E-state index contributed by atoms with van der Waals surface area (Å²) in [5, 5.41) is 8.57. The van der Waals surface area contributed by atoms with E-state index in [0.29, 0.717) is 0 Å². The molecule has 6 nitrogen and oxygen atoms in total. The zero-order valence-electron chi connectivity index (χ0n) is 11.0. The van der Waals surface area contributed by atoms with Crippen molar-refractivity contribution in [1.82, 2.24) is 9.44 Å². The van der Waals surface area contributed by atoms with Crippen LogP contribution in [-0.4, -0.2) is 30.6 Å². The van der Waals surface area contributed by atoms with Crippen LogP contribution in [0.1, 0.15) is 47.5 Å². The molecule has 0 amide bonds. The molecule has 0 aromatic carbocycles. The zero-order chi connectivity index (χ0) is 13.9. The second kappa shape index (κ2) is 5.32. The van der Waals surface area contributed by atoms with Crippen molar-refractivity contribution in [3.8, 4) is 0 Å². The maximum atomic E-state index is 11.7. The van der Waals surface area contributed by atoms with Crippen LogP contribution in [0.3, 0.4) is 0 Å². The summed E-state index contributed by atoms with van der Waals surface area (Å²) in [5.74, 6) is -0.943. The van der Waals surface area contributed by atoms with Gasteiger partial charge in [-0.05, 0) is 41.0 Å². The van der Waals surface area contributed by atoms with Gasteiger partial charge in [-0.1, -0.05) is 0 Å². The molecular formula is C10H22N2O4S. The molecule has 0 spiro atoms. The van der Waals surface area contributed by atoms with E-state index in [-0.39, 0.29) is 12.8 Å². The minimum atomic E-state index is -3.64. The lowest BCUT2D eigenvalue weighted by Gasteiger charge is -2.28. The first-order valence-corrected chi connectivity index (χ1v) is 6.86. The van der Waals surface area contributed by atoms with Gasteiger partial charge in [0.15, 0.2) is 0 Å². The van der Waals surface area contributed by atoms with E-state index >= 15 is 0 Å². The molecular weight excluding hydrogens is 244 g/mol. The van der Waals surface area contributed by atoms with Gasteiger partial charge in [-0.25, -0.2) is 0 Å². The number of rotatable bonds is 6. The van der Waals surface area contributed by atoms with Crippen LogP contribution in [0.4, 0.5) is 0 Å². The Morgan fingerprint density at radius 1 is 1.12 bits per heavy atom. The van der Waals surface area contributed by atoms with Crippen molar-refractivity contribution in [1.29, 1.82) is 0 Å². The molecule has 0 radical (unpaired) electrons. The summed E-state index contributed by atoms with van der Waals surface area (Å²) in [6.07, 6.45) is 0.151. The number of hydrogen-bond donors (Lipinski definition) is 3. The minimum absolute atomic E-state index is 0.0783. The van der Waals surface area contributed by atoms with Gasteiger partial charge < -0.3 is 5.11 Å². The molecule has 0 fully saturated rings. The molecule has 102 valence electrons. The maximum absolute atomic E-state index is 11.7. The van der Waals surface area contributed by atoms with E-state index in [1.807, 2.05) is 0 Å². The predicted octanol–water partition coefficient (Wildman–Crippen LogP) is 0.852. The van der Waals surface area contributed by atoms with Gasteiger partial charge in [0.25, 0.3) is 10.2 Å². The zero-order valence-corrected chi connectivity index (χ0v) is 11.8. The molecule has 0 rings (SSSR count). The van der Waals surface area contributed by atoms with Gasteiger partial charge in [0.05, 0.1) is 0 Å². The third kappa shape index (κ3) is 9.08. The molecule has 3 N–H and O–H groups in total. The highest BCUT2D eigenvalue weighted by Gasteiger charge is 2.28. The third-order valence-corrected chi connectivity index (χ3v) is 3.52. The summed E-state index contributed by atoms with van der Waals surface area (Å²) in [5.41, 5.74) is -1.37. The molecule has 0 atom stereocenters. The molecule has 17 heavy (non-hydrogen) atoms. The van der Waals surface area contributed by atoms with Crippen LogP contribution < -0.4 is 9.44 Å². The van der Waals surface area contributed by atoms with E-state index in [0.717, 1.165) is 0 Å². The van der Waals surface area contributed by atoms with Gasteiger partial charge >= 0.3 is 5.97 Å². The highest BCUT2D eigenvalue weighted by molar-refractivity contribution is 7.87. The van der Waals surface area contributed by atoms with Crippen LogP contribution >= 0.6 is 0 Å². The Balaban J connectivity index is 4.54. The Morgan fingerprint density at radius 2 is 1.59 bits per heavy atom. The van der Waals surface area contributed by atoms with Gasteiger partial charge in [0.2, 0.25) is 0 Å².